The molecule has 2 amide bonds. The number of nitrogens with zero attached hydrogens (tertiary/aromatic N) is 2. The summed E-state index contributed by atoms with van der Waals surface area (Å²) in [6, 6.07) is 9.90. The zero-order valence-electron chi connectivity index (χ0n) is 23.7. The molecule has 2 aromatic rings. The molecule has 1 aromatic heterocycles. The first-order chi connectivity index (χ1) is 18.7. The molecule has 1 aromatic carbocycles. The van der Waals surface area contributed by atoms with Crippen molar-refractivity contribution < 1.29 is 38.2 Å². The number of aromatic nitrogens is 1. The van der Waals surface area contributed by atoms with Crippen LogP contribution in [0.25, 0.3) is 11.3 Å². The second kappa shape index (κ2) is 13.0. The van der Waals surface area contributed by atoms with E-state index >= 15 is 0 Å². The Kier molecular flexibility index (Phi) is 10.2. The first-order valence-corrected chi connectivity index (χ1v) is 15.4. The fourth-order valence-corrected chi connectivity index (χ4v) is 7.24. The van der Waals surface area contributed by atoms with Gasteiger partial charge in [-0.15, -0.1) is 0 Å². The number of hydrogen-bond donors (Lipinski definition) is 3. The molecule has 1 unspecified atom stereocenters. The standard InChI is InChI=1S/C28H40N3O8P/c1-18(2)14-23(29-27(35)38-28(3,4)5)25(32)31-13-9-12-24(31)40(36,37)17-20(26(33)34)15-21-16-22(30-39-21)19-10-7-6-8-11-19/h6-8,10-11,16,18,20,23-24H,9,12-15,17H2,1-5H3,(H,29,35)(H,33,34)(H,36,37)/t20-,23+,24+/m1/s1. The Hall–Kier alpha value is -3.17. The summed E-state index contributed by atoms with van der Waals surface area (Å²) in [6.45, 7) is 9.18. The number of amides is 2. The monoisotopic (exact) mass is 577 g/mol. The minimum absolute atomic E-state index is 0.0462. The van der Waals surface area contributed by atoms with Crippen molar-refractivity contribution in [2.45, 2.75) is 77.7 Å². The predicted octanol–water partition coefficient (Wildman–Crippen LogP) is 4.74. The average Bonchev–Trinajstić information content (AvgIpc) is 3.52. The SMILES string of the molecule is CC(C)C[C@H](NC(=O)OC(C)(C)C)C(=O)N1CCC[C@@H]1P(=O)(O)C[C@@H](Cc1cc(-c2ccccc2)no1)C(=O)O. The first-order valence-electron chi connectivity index (χ1n) is 13.5. The molecule has 4 atom stereocenters. The van der Waals surface area contributed by atoms with Gasteiger partial charge < -0.3 is 29.5 Å². The molecule has 0 bridgehead atoms. The molecule has 0 spiro atoms. The highest BCUT2D eigenvalue weighted by Gasteiger charge is 2.45. The van der Waals surface area contributed by atoms with Crippen molar-refractivity contribution in [2.24, 2.45) is 11.8 Å². The molecule has 1 aliphatic heterocycles. The molecule has 1 aliphatic rings. The van der Waals surface area contributed by atoms with E-state index in [0.717, 1.165) is 5.56 Å². The zero-order chi connectivity index (χ0) is 29.7. The largest absolute Gasteiger partial charge is 0.481 e. The number of ether oxygens (including phenoxy) is 1. The van der Waals surface area contributed by atoms with Gasteiger partial charge in [-0.05, 0) is 46.0 Å². The molecule has 1 fully saturated rings. The summed E-state index contributed by atoms with van der Waals surface area (Å²) in [4.78, 5) is 50.6. The average molecular weight is 578 g/mol. The number of aliphatic carboxylic acids is 1. The van der Waals surface area contributed by atoms with Crippen LogP contribution < -0.4 is 5.32 Å². The summed E-state index contributed by atoms with van der Waals surface area (Å²) in [5.41, 5.74) is 0.574. The van der Waals surface area contributed by atoms with Gasteiger partial charge in [-0.25, -0.2) is 4.79 Å². The van der Waals surface area contributed by atoms with E-state index < -0.39 is 54.8 Å². The van der Waals surface area contributed by atoms with Gasteiger partial charge in [-0.2, -0.15) is 0 Å². The van der Waals surface area contributed by atoms with Gasteiger partial charge >= 0.3 is 12.1 Å². The van der Waals surface area contributed by atoms with Crippen molar-refractivity contribution in [3.8, 4) is 11.3 Å². The second-order valence-corrected chi connectivity index (χ2v) is 14.2. The fourth-order valence-electron chi connectivity index (χ4n) is 4.83. The van der Waals surface area contributed by atoms with E-state index in [1.165, 1.54) is 4.90 Å². The number of hydrogen-bond acceptors (Lipinski definition) is 7. The normalized spacial score (nSPS) is 18.7. The molecule has 1 saturated heterocycles. The zero-order valence-corrected chi connectivity index (χ0v) is 24.6. The molecular weight excluding hydrogens is 537 g/mol. The number of rotatable bonds is 11. The van der Waals surface area contributed by atoms with E-state index in [9.17, 15) is 28.9 Å². The number of nitrogens with one attached hydrogen (secondary N) is 1. The molecule has 220 valence electrons. The lowest BCUT2D eigenvalue weighted by Gasteiger charge is -2.33. The maximum Gasteiger partial charge on any atom is 0.408 e. The van der Waals surface area contributed by atoms with E-state index in [4.69, 9.17) is 9.26 Å². The Morgan fingerprint density at radius 1 is 1.23 bits per heavy atom. The smallest absolute Gasteiger partial charge is 0.408 e. The minimum atomic E-state index is -4.17. The first kappa shape index (κ1) is 31.4. The van der Waals surface area contributed by atoms with Gasteiger partial charge in [0.05, 0.1) is 5.92 Å². The maximum atomic E-state index is 13.7. The van der Waals surface area contributed by atoms with E-state index in [1.807, 2.05) is 44.2 Å². The molecule has 0 radical (unpaired) electrons. The summed E-state index contributed by atoms with van der Waals surface area (Å²) in [7, 11) is -4.17. The van der Waals surface area contributed by atoms with Crippen LogP contribution in [0.2, 0.25) is 0 Å². The van der Waals surface area contributed by atoms with Gasteiger partial charge in [-0.1, -0.05) is 49.3 Å². The summed E-state index contributed by atoms with van der Waals surface area (Å²) in [5.74, 6) is -3.67. The van der Waals surface area contributed by atoms with Gasteiger partial charge in [-0.3, -0.25) is 14.2 Å². The van der Waals surface area contributed by atoms with Gasteiger partial charge in [0.1, 0.15) is 28.9 Å². The fraction of sp³-hybridized carbons (Fsp3) is 0.571. The van der Waals surface area contributed by atoms with Gasteiger partial charge in [0, 0.05) is 30.8 Å². The van der Waals surface area contributed by atoms with E-state index in [0.29, 0.717) is 18.5 Å². The van der Waals surface area contributed by atoms with Crippen molar-refractivity contribution in [2.75, 3.05) is 12.7 Å². The van der Waals surface area contributed by atoms with E-state index in [1.54, 1.807) is 26.8 Å². The Bertz CT molecular complexity index is 1220. The molecule has 11 nitrogen and oxygen atoms in total. The molecule has 0 aliphatic carbocycles. The third kappa shape index (κ3) is 8.66. The highest BCUT2D eigenvalue weighted by molar-refractivity contribution is 7.58. The van der Waals surface area contributed by atoms with Crippen LogP contribution in [0.3, 0.4) is 0 Å². The molecule has 0 saturated carbocycles. The van der Waals surface area contributed by atoms with E-state index in [2.05, 4.69) is 10.5 Å². The van der Waals surface area contributed by atoms with E-state index in [-0.39, 0.29) is 31.1 Å². The summed E-state index contributed by atoms with van der Waals surface area (Å²) in [5, 5.41) is 16.5. The Morgan fingerprint density at radius 2 is 1.90 bits per heavy atom. The highest BCUT2D eigenvalue weighted by Crippen LogP contribution is 2.53. The van der Waals surface area contributed by atoms with Gasteiger partial charge in [0.2, 0.25) is 13.3 Å². The molecule has 40 heavy (non-hydrogen) atoms. The summed E-state index contributed by atoms with van der Waals surface area (Å²) in [6.07, 6.45) is -0.357. The number of carbonyl (C=O) groups excluding carboxylic acids is 2. The lowest BCUT2D eigenvalue weighted by molar-refractivity contribution is -0.141. The maximum absolute atomic E-state index is 13.7. The van der Waals surface area contributed by atoms with Gasteiger partial charge in [0.25, 0.3) is 0 Å². The Balaban J connectivity index is 1.74. The van der Waals surface area contributed by atoms with Crippen LogP contribution in [-0.4, -0.2) is 68.2 Å². The highest BCUT2D eigenvalue weighted by atomic mass is 31.2. The third-order valence-corrected chi connectivity index (χ3v) is 9.01. The Morgan fingerprint density at radius 3 is 2.50 bits per heavy atom. The number of carboxylic acids is 1. The van der Waals surface area contributed by atoms with Gasteiger partial charge in [0.15, 0.2) is 0 Å². The number of alkyl carbamates (subject to hydrolysis) is 1. The number of carboxylic acid groups (broad SMARTS) is 1. The molecule has 2 heterocycles. The molecular formula is C28H40N3O8P. The molecule has 12 heteroatoms. The predicted molar refractivity (Wildman–Crippen MR) is 149 cm³/mol. The van der Waals surface area contributed by atoms with Crippen molar-refractivity contribution >= 4 is 25.3 Å². The van der Waals surface area contributed by atoms with Crippen LogP contribution in [0.1, 0.15) is 59.6 Å². The quantitative estimate of drug-likeness (QED) is 0.321. The number of carbonyl (C=O) groups is 3. The van der Waals surface area contributed by atoms with Crippen molar-refractivity contribution in [3.63, 3.8) is 0 Å². The van der Waals surface area contributed by atoms with Crippen LogP contribution in [-0.2, 0) is 25.3 Å². The van der Waals surface area contributed by atoms with Crippen LogP contribution in [0.15, 0.2) is 40.9 Å². The van der Waals surface area contributed by atoms with Crippen LogP contribution in [0, 0.1) is 11.8 Å². The van der Waals surface area contributed by atoms with Crippen LogP contribution in [0.5, 0.6) is 0 Å². The Labute approximate surface area is 234 Å². The van der Waals surface area contributed by atoms with Crippen LogP contribution >= 0.6 is 7.37 Å². The second-order valence-electron chi connectivity index (χ2n) is 11.7. The lowest BCUT2D eigenvalue weighted by Crippen LogP contribution is -2.51. The topological polar surface area (TPSA) is 159 Å². The molecule has 3 N–H and O–H groups in total. The number of benzene rings is 1. The van der Waals surface area contributed by atoms with Crippen molar-refractivity contribution in [1.29, 1.82) is 0 Å². The minimum Gasteiger partial charge on any atom is -0.481 e. The van der Waals surface area contributed by atoms with Crippen molar-refractivity contribution in [1.82, 2.24) is 15.4 Å². The van der Waals surface area contributed by atoms with Crippen LogP contribution in [0.4, 0.5) is 4.79 Å². The summed E-state index contributed by atoms with van der Waals surface area (Å²) < 4.78 is 24.3. The molecule has 3 rings (SSSR count). The summed E-state index contributed by atoms with van der Waals surface area (Å²) >= 11 is 0. The lowest BCUT2D eigenvalue weighted by atomic mass is 10.0. The number of likely N-dealkylation sites (tertiary alicyclic amines) is 1. The third-order valence-electron chi connectivity index (χ3n) is 6.57. The van der Waals surface area contributed by atoms with Crippen molar-refractivity contribution in [3.05, 3.63) is 42.2 Å².